The van der Waals surface area contributed by atoms with E-state index in [9.17, 15) is 22.8 Å². The molecule has 32 heavy (non-hydrogen) atoms. The van der Waals surface area contributed by atoms with Crippen LogP contribution in [-0.4, -0.2) is 36.1 Å². The number of anilines is 1. The second-order valence-corrected chi connectivity index (χ2v) is 10.5. The van der Waals surface area contributed by atoms with Gasteiger partial charge in [-0.1, -0.05) is 11.3 Å². The van der Waals surface area contributed by atoms with E-state index in [4.69, 9.17) is 4.74 Å². The molecule has 2 aromatic rings. The van der Waals surface area contributed by atoms with Gasteiger partial charge in [0.1, 0.15) is 5.75 Å². The molecule has 4 fully saturated rings. The summed E-state index contributed by atoms with van der Waals surface area (Å²) in [5.74, 6) is 1.63. The molecule has 6 nitrogen and oxygen atoms in total. The van der Waals surface area contributed by atoms with E-state index in [1.165, 1.54) is 31.4 Å². The van der Waals surface area contributed by atoms with E-state index < -0.39 is 12.8 Å². The van der Waals surface area contributed by atoms with E-state index in [2.05, 4.69) is 15.6 Å². The molecule has 6 rings (SSSR count). The lowest BCUT2D eigenvalue weighted by Gasteiger charge is -2.55. The summed E-state index contributed by atoms with van der Waals surface area (Å²) >= 11 is 1.14. The molecule has 172 valence electrons. The van der Waals surface area contributed by atoms with Crippen LogP contribution in [0.5, 0.6) is 5.75 Å². The Labute approximate surface area is 186 Å². The normalized spacial score (nSPS) is 28.7. The second kappa shape index (κ2) is 7.90. The van der Waals surface area contributed by atoms with Crippen molar-refractivity contribution in [3.8, 4) is 5.75 Å². The Balaban J connectivity index is 1.17. The highest BCUT2D eigenvalue weighted by Crippen LogP contribution is 2.60. The maximum absolute atomic E-state index is 13.0. The zero-order valence-electron chi connectivity index (χ0n) is 17.3. The van der Waals surface area contributed by atoms with Crippen molar-refractivity contribution in [3.63, 3.8) is 0 Å². The first-order chi connectivity index (χ1) is 15.2. The first-order valence-corrected chi connectivity index (χ1v) is 11.7. The van der Waals surface area contributed by atoms with E-state index in [0.717, 1.165) is 30.6 Å². The van der Waals surface area contributed by atoms with Crippen LogP contribution in [0, 0.1) is 23.2 Å². The summed E-state index contributed by atoms with van der Waals surface area (Å²) in [5, 5.41) is 5.82. The molecule has 0 spiro atoms. The van der Waals surface area contributed by atoms with Gasteiger partial charge in [-0.05, 0) is 74.5 Å². The number of benzene rings is 1. The van der Waals surface area contributed by atoms with Crippen LogP contribution >= 0.6 is 11.3 Å². The minimum Gasteiger partial charge on any atom is -0.484 e. The number of carbonyl (C=O) groups is 2. The van der Waals surface area contributed by atoms with Crippen molar-refractivity contribution in [2.75, 3.05) is 18.5 Å². The molecule has 0 aliphatic heterocycles. The number of ether oxygens (including phenoxy) is 1. The molecule has 2 N–H and O–H groups in total. The summed E-state index contributed by atoms with van der Waals surface area (Å²) in [6.07, 6.45) is 2.12. The van der Waals surface area contributed by atoms with Crippen molar-refractivity contribution in [2.45, 2.75) is 44.7 Å². The molecule has 10 heteroatoms. The lowest BCUT2D eigenvalue weighted by atomic mass is 9.49. The lowest BCUT2D eigenvalue weighted by Crippen LogP contribution is -2.54. The second-order valence-electron chi connectivity index (χ2n) is 9.48. The van der Waals surface area contributed by atoms with E-state index in [-0.39, 0.29) is 29.5 Å². The Hall–Kier alpha value is -2.36. The predicted octanol–water partition coefficient (Wildman–Crippen LogP) is 4.51. The van der Waals surface area contributed by atoms with E-state index in [0.29, 0.717) is 33.1 Å². The van der Waals surface area contributed by atoms with E-state index in [1.54, 1.807) is 6.07 Å². The van der Waals surface area contributed by atoms with Crippen molar-refractivity contribution in [1.29, 1.82) is 0 Å². The van der Waals surface area contributed by atoms with Crippen LogP contribution < -0.4 is 15.4 Å². The minimum atomic E-state index is -4.41. The molecular formula is C22H24F3N3O3S. The van der Waals surface area contributed by atoms with E-state index in [1.807, 2.05) is 0 Å². The van der Waals surface area contributed by atoms with Gasteiger partial charge in [-0.25, -0.2) is 4.98 Å². The van der Waals surface area contributed by atoms with Crippen LogP contribution in [0.1, 0.15) is 38.5 Å². The molecule has 4 saturated carbocycles. The topological polar surface area (TPSA) is 80.3 Å². The maximum Gasteiger partial charge on any atom is 0.422 e. The summed E-state index contributed by atoms with van der Waals surface area (Å²) in [6, 6.07) is 4.41. The molecule has 1 heterocycles. The summed E-state index contributed by atoms with van der Waals surface area (Å²) in [5.41, 5.74) is 0.236. The third-order valence-corrected chi connectivity index (χ3v) is 7.87. The fraction of sp³-hybridized carbons (Fsp3) is 0.591. The minimum absolute atomic E-state index is 0.0116. The number of rotatable bonds is 6. The highest BCUT2D eigenvalue weighted by molar-refractivity contribution is 7.22. The Kier molecular flexibility index (Phi) is 5.30. The summed E-state index contributed by atoms with van der Waals surface area (Å²) < 4.78 is 42.3. The van der Waals surface area contributed by atoms with Crippen molar-refractivity contribution in [1.82, 2.24) is 10.3 Å². The van der Waals surface area contributed by atoms with Gasteiger partial charge in [-0.3, -0.25) is 9.59 Å². The number of hydrogen-bond donors (Lipinski definition) is 2. The fourth-order valence-electron chi connectivity index (χ4n) is 6.11. The van der Waals surface area contributed by atoms with Gasteiger partial charge in [0.2, 0.25) is 11.8 Å². The Morgan fingerprint density at radius 3 is 2.41 bits per heavy atom. The van der Waals surface area contributed by atoms with Crippen molar-refractivity contribution < 1.29 is 27.5 Å². The SMILES string of the molecule is O=C(CNC(=O)C12CC3CC(CC(C3)C1)C2)Nc1nc2ccc(OCC(F)(F)F)cc2s1. The first-order valence-electron chi connectivity index (χ1n) is 10.9. The van der Waals surface area contributed by atoms with Gasteiger partial charge in [0.15, 0.2) is 11.7 Å². The number of alkyl halides is 3. The number of amides is 2. The molecular weight excluding hydrogens is 443 g/mol. The van der Waals surface area contributed by atoms with Gasteiger partial charge in [-0.15, -0.1) is 0 Å². The molecule has 0 saturated heterocycles. The van der Waals surface area contributed by atoms with Gasteiger partial charge in [0.25, 0.3) is 0 Å². The third kappa shape index (κ3) is 4.42. The van der Waals surface area contributed by atoms with Gasteiger partial charge in [-0.2, -0.15) is 13.2 Å². The number of halogens is 3. The zero-order valence-corrected chi connectivity index (χ0v) is 18.2. The monoisotopic (exact) mass is 467 g/mol. The van der Waals surface area contributed by atoms with Crippen LogP contribution in [0.15, 0.2) is 18.2 Å². The maximum atomic E-state index is 13.0. The summed E-state index contributed by atoms with van der Waals surface area (Å²) in [6.45, 7) is -1.50. The Bertz CT molecular complexity index is 1020. The van der Waals surface area contributed by atoms with Crippen LogP contribution in [0.4, 0.5) is 18.3 Å². The Morgan fingerprint density at radius 2 is 1.78 bits per heavy atom. The third-order valence-electron chi connectivity index (χ3n) is 6.94. The molecule has 2 amide bonds. The number of nitrogens with one attached hydrogen (secondary N) is 2. The van der Waals surface area contributed by atoms with Gasteiger partial charge in [0, 0.05) is 5.41 Å². The van der Waals surface area contributed by atoms with Crippen molar-refractivity contribution >= 4 is 38.5 Å². The number of nitrogens with zero attached hydrogens (tertiary/aromatic N) is 1. The highest BCUT2D eigenvalue weighted by Gasteiger charge is 2.54. The molecule has 0 unspecified atom stereocenters. The van der Waals surface area contributed by atoms with Crippen molar-refractivity contribution in [2.24, 2.45) is 23.2 Å². The number of fused-ring (bicyclic) bond motifs is 1. The zero-order chi connectivity index (χ0) is 22.5. The number of carbonyl (C=O) groups excluding carboxylic acids is 2. The largest absolute Gasteiger partial charge is 0.484 e. The first kappa shape index (κ1) is 21.5. The van der Waals surface area contributed by atoms with Gasteiger partial charge < -0.3 is 15.4 Å². The molecule has 4 aliphatic carbocycles. The average Bonchev–Trinajstić information content (AvgIpc) is 3.10. The molecule has 1 aromatic heterocycles. The smallest absolute Gasteiger partial charge is 0.422 e. The van der Waals surface area contributed by atoms with Crippen LogP contribution in [0.2, 0.25) is 0 Å². The van der Waals surface area contributed by atoms with E-state index >= 15 is 0 Å². The van der Waals surface area contributed by atoms with Gasteiger partial charge in [0.05, 0.1) is 16.8 Å². The molecule has 0 atom stereocenters. The van der Waals surface area contributed by atoms with Crippen molar-refractivity contribution in [3.05, 3.63) is 18.2 Å². The van der Waals surface area contributed by atoms with Crippen LogP contribution in [0.25, 0.3) is 10.2 Å². The quantitative estimate of drug-likeness (QED) is 0.655. The number of aromatic nitrogens is 1. The number of thiazole rings is 1. The van der Waals surface area contributed by atoms with Crippen LogP contribution in [0.3, 0.4) is 0 Å². The Morgan fingerprint density at radius 1 is 1.12 bits per heavy atom. The molecule has 4 bridgehead atoms. The average molecular weight is 468 g/mol. The van der Waals surface area contributed by atoms with Gasteiger partial charge >= 0.3 is 6.18 Å². The summed E-state index contributed by atoms with van der Waals surface area (Å²) in [7, 11) is 0. The number of hydrogen-bond acceptors (Lipinski definition) is 5. The molecule has 0 radical (unpaired) electrons. The highest BCUT2D eigenvalue weighted by atomic mass is 32.1. The van der Waals surface area contributed by atoms with Crippen LogP contribution in [-0.2, 0) is 9.59 Å². The summed E-state index contributed by atoms with van der Waals surface area (Å²) in [4.78, 5) is 29.6. The predicted molar refractivity (Wildman–Crippen MR) is 113 cm³/mol. The lowest BCUT2D eigenvalue weighted by molar-refractivity contribution is -0.153. The molecule has 1 aromatic carbocycles. The fourth-order valence-corrected chi connectivity index (χ4v) is 7.02. The standard InChI is InChI=1S/C22H24F3N3O3S/c23-22(24,25)11-31-15-1-2-16-17(6-15)32-20(27-16)28-18(29)10-26-19(30)21-7-12-3-13(8-21)5-14(4-12)9-21/h1-2,6,12-14H,3-5,7-11H2,(H,26,30)(H,27,28,29). The molecule has 4 aliphatic rings.